The van der Waals surface area contributed by atoms with Gasteiger partial charge in [-0.3, -0.25) is 4.68 Å². The van der Waals surface area contributed by atoms with Gasteiger partial charge >= 0.3 is 0 Å². The van der Waals surface area contributed by atoms with E-state index in [-0.39, 0.29) is 0 Å². The van der Waals surface area contributed by atoms with E-state index in [1.807, 2.05) is 29.7 Å². The third-order valence-electron chi connectivity index (χ3n) is 2.33. The van der Waals surface area contributed by atoms with Crippen LogP contribution >= 0.6 is 12.2 Å². The topological polar surface area (TPSA) is 33.1 Å². The molecule has 0 amide bonds. The van der Waals surface area contributed by atoms with E-state index in [1.165, 1.54) is 0 Å². The third kappa shape index (κ3) is 3.81. The highest BCUT2D eigenvalue weighted by Gasteiger charge is 2.07. The molecular formula is C11H20N4S. The van der Waals surface area contributed by atoms with Crippen molar-refractivity contribution in [2.45, 2.75) is 20.4 Å². The normalized spacial score (nSPS) is 10.6. The average Bonchev–Trinajstić information content (AvgIpc) is 2.60. The fraction of sp³-hybridized carbons (Fsp3) is 0.636. The number of thiocarbonyl (C=S) groups is 1. The van der Waals surface area contributed by atoms with E-state index in [0.717, 1.165) is 23.9 Å². The first-order valence-electron chi connectivity index (χ1n) is 5.46. The molecule has 4 nitrogen and oxygen atoms in total. The molecule has 1 N–H and O–H groups in total. The Balaban J connectivity index is 2.43. The van der Waals surface area contributed by atoms with Crippen molar-refractivity contribution in [1.82, 2.24) is 20.0 Å². The van der Waals surface area contributed by atoms with Crippen LogP contribution in [0.4, 0.5) is 0 Å². The second-order valence-corrected chi connectivity index (χ2v) is 4.77. The lowest BCUT2D eigenvalue weighted by atomic mass is 10.2. The van der Waals surface area contributed by atoms with Gasteiger partial charge in [-0.1, -0.05) is 13.8 Å². The number of aryl methyl sites for hydroxylation is 1. The predicted molar refractivity (Wildman–Crippen MR) is 70.1 cm³/mol. The standard InChI is InChI=1S/C11H20N4S/c1-9(2)7-12-11(16)14(3)8-10-5-6-13-15(10)4/h5-6,9H,7-8H2,1-4H3,(H,12,16). The molecule has 5 heteroatoms. The summed E-state index contributed by atoms with van der Waals surface area (Å²) in [6.45, 7) is 6.02. The first kappa shape index (κ1) is 13.0. The van der Waals surface area contributed by atoms with E-state index < -0.39 is 0 Å². The molecule has 1 rings (SSSR count). The van der Waals surface area contributed by atoms with Crippen LogP contribution in [-0.4, -0.2) is 33.4 Å². The number of hydrogen-bond acceptors (Lipinski definition) is 2. The van der Waals surface area contributed by atoms with Gasteiger partial charge in [0.15, 0.2) is 5.11 Å². The zero-order valence-electron chi connectivity index (χ0n) is 10.4. The van der Waals surface area contributed by atoms with Gasteiger partial charge in [0.25, 0.3) is 0 Å². The zero-order valence-corrected chi connectivity index (χ0v) is 11.2. The van der Waals surface area contributed by atoms with Gasteiger partial charge in [-0.25, -0.2) is 0 Å². The predicted octanol–water partition coefficient (Wildman–Crippen LogP) is 1.38. The molecular weight excluding hydrogens is 220 g/mol. The van der Waals surface area contributed by atoms with Gasteiger partial charge in [-0.05, 0) is 24.2 Å². The first-order valence-corrected chi connectivity index (χ1v) is 5.87. The molecule has 0 aliphatic rings. The van der Waals surface area contributed by atoms with Crippen LogP contribution in [0.3, 0.4) is 0 Å². The van der Waals surface area contributed by atoms with Crippen LogP contribution in [0.5, 0.6) is 0 Å². The number of rotatable bonds is 4. The molecule has 0 aromatic carbocycles. The van der Waals surface area contributed by atoms with Crippen LogP contribution < -0.4 is 5.32 Å². The number of nitrogens with one attached hydrogen (secondary N) is 1. The van der Waals surface area contributed by atoms with Crippen LogP contribution in [0, 0.1) is 5.92 Å². The number of aromatic nitrogens is 2. The second-order valence-electron chi connectivity index (χ2n) is 4.38. The van der Waals surface area contributed by atoms with Crippen molar-refractivity contribution in [3.05, 3.63) is 18.0 Å². The lowest BCUT2D eigenvalue weighted by molar-refractivity contribution is 0.460. The van der Waals surface area contributed by atoms with E-state index in [2.05, 4.69) is 24.3 Å². The highest BCUT2D eigenvalue weighted by Crippen LogP contribution is 2.01. The molecule has 0 unspecified atom stereocenters. The summed E-state index contributed by atoms with van der Waals surface area (Å²) in [5, 5.41) is 8.16. The van der Waals surface area contributed by atoms with E-state index >= 15 is 0 Å². The highest BCUT2D eigenvalue weighted by atomic mass is 32.1. The molecule has 0 aliphatic heterocycles. The Labute approximate surface area is 103 Å². The van der Waals surface area contributed by atoms with Crippen molar-refractivity contribution in [3.63, 3.8) is 0 Å². The fourth-order valence-corrected chi connectivity index (χ4v) is 1.45. The molecule has 0 saturated carbocycles. The molecule has 0 aliphatic carbocycles. The van der Waals surface area contributed by atoms with Crippen molar-refractivity contribution < 1.29 is 0 Å². The van der Waals surface area contributed by atoms with Crippen LogP contribution in [0.25, 0.3) is 0 Å². The SMILES string of the molecule is CC(C)CNC(=S)N(C)Cc1ccnn1C. The van der Waals surface area contributed by atoms with Crippen molar-refractivity contribution in [2.75, 3.05) is 13.6 Å². The molecule has 0 bridgehead atoms. The Kier molecular flexibility index (Phi) is 4.73. The smallest absolute Gasteiger partial charge is 0.169 e. The molecule has 1 heterocycles. The van der Waals surface area contributed by atoms with Crippen molar-refractivity contribution in [1.29, 1.82) is 0 Å². The summed E-state index contributed by atoms with van der Waals surface area (Å²) in [7, 11) is 3.93. The van der Waals surface area contributed by atoms with Crippen LogP contribution in [-0.2, 0) is 13.6 Å². The Morgan fingerprint density at radius 2 is 2.31 bits per heavy atom. The highest BCUT2D eigenvalue weighted by molar-refractivity contribution is 7.80. The lowest BCUT2D eigenvalue weighted by Crippen LogP contribution is -2.38. The van der Waals surface area contributed by atoms with Gasteiger partial charge in [-0.15, -0.1) is 0 Å². The van der Waals surface area contributed by atoms with E-state index in [1.54, 1.807) is 6.20 Å². The Bertz CT molecular complexity index is 346. The zero-order chi connectivity index (χ0) is 12.1. The maximum absolute atomic E-state index is 5.30. The molecule has 0 spiro atoms. The minimum absolute atomic E-state index is 0.600. The van der Waals surface area contributed by atoms with Gasteiger partial charge in [0.2, 0.25) is 0 Å². The first-order chi connectivity index (χ1) is 7.50. The van der Waals surface area contributed by atoms with Gasteiger partial charge in [-0.2, -0.15) is 5.10 Å². The third-order valence-corrected chi connectivity index (χ3v) is 2.79. The van der Waals surface area contributed by atoms with Crippen LogP contribution in [0.15, 0.2) is 12.3 Å². The van der Waals surface area contributed by atoms with Gasteiger partial charge in [0.05, 0.1) is 12.2 Å². The lowest BCUT2D eigenvalue weighted by Gasteiger charge is -2.21. The monoisotopic (exact) mass is 240 g/mol. The summed E-state index contributed by atoms with van der Waals surface area (Å²) in [5.74, 6) is 0.600. The minimum Gasteiger partial charge on any atom is -0.362 e. The minimum atomic E-state index is 0.600. The Hall–Kier alpha value is -1.10. The van der Waals surface area contributed by atoms with Crippen molar-refractivity contribution in [3.8, 4) is 0 Å². The van der Waals surface area contributed by atoms with E-state index in [4.69, 9.17) is 12.2 Å². The molecule has 1 aromatic heterocycles. The molecule has 90 valence electrons. The fourth-order valence-electron chi connectivity index (χ4n) is 1.30. The van der Waals surface area contributed by atoms with E-state index in [0.29, 0.717) is 5.92 Å². The largest absolute Gasteiger partial charge is 0.362 e. The summed E-state index contributed by atoms with van der Waals surface area (Å²) in [6.07, 6.45) is 1.80. The van der Waals surface area contributed by atoms with E-state index in [9.17, 15) is 0 Å². The molecule has 0 atom stereocenters. The quantitative estimate of drug-likeness (QED) is 0.806. The van der Waals surface area contributed by atoms with Crippen LogP contribution in [0.2, 0.25) is 0 Å². The molecule has 0 saturated heterocycles. The van der Waals surface area contributed by atoms with Crippen molar-refractivity contribution >= 4 is 17.3 Å². The van der Waals surface area contributed by atoms with Gasteiger partial charge < -0.3 is 10.2 Å². The van der Waals surface area contributed by atoms with Gasteiger partial charge in [0.1, 0.15) is 0 Å². The van der Waals surface area contributed by atoms with Crippen molar-refractivity contribution in [2.24, 2.45) is 13.0 Å². The summed E-state index contributed by atoms with van der Waals surface area (Å²) < 4.78 is 1.86. The average molecular weight is 240 g/mol. The summed E-state index contributed by atoms with van der Waals surface area (Å²) in [5.41, 5.74) is 1.15. The summed E-state index contributed by atoms with van der Waals surface area (Å²) >= 11 is 5.30. The Morgan fingerprint density at radius 3 is 2.81 bits per heavy atom. The van der Waals surface area contributed by atoms with Crippen LogP contribution in [0.1, 0.15) is 19.5 Å². The molecule has 0 fully saturated rings. The molecule has 16 heavy (non-hydrogen) atoms. The summed E-state index contributed by atoms with van der Waals surface area (Å²) in [6, 6.07) is 2.00. The summed E-state index contributed by atoms with van der Waals surface area (Å²) in [4.78, 5) is 2.02. The molecule has 1 aromatic rings. The number of hydrogen-bond donors (Lipinski definition) is 1. The molecule has 0 radical (unpaired) electrons. The Morgan fingerprint density at radius 1 is 1.62 bits per heavy atom. The van der Waals surface area contributed by atoms with Gasteiger partial charge in [0, 0.05) is 26.8 Å². The maximum atomic E-state index is 5.30. The number of nitrogens with zero attached hydrogens (tertiary/aromatic N) is 3. The second kappa shape index (κ2) is 5.84. The maximum Gasteiger partial charge on any atom is 0.169 e.